The molecule has 0 fully saturated rings. The Kier molecular flexibility index (Phi) is 16.3. The minimum Gasteiger partial charge on any atom is -0.481 e. The first-order chi connectivity index (χ1) is 18.9. The van der Waals surface area contributed by atoms with Crippen LogP contribution in [-0.4, -0.2) is 88.3 Å². The monoisotopic (exact) mass is 586 g/mol. The summed E-state index contributed by atoms with van der Waals surface area (Å²) < 4.78 is 0. The molecule has 0 saturated carbocycles. The summed E-state index contributed by atoms with van der Waals surface area (Å²) in [4.78, 5) is 96.6. The standard InChI is InChI=1S/C25H42N6O10/c1-12(2)8-16(22(38)27-11-21(36)37)29-25(41)18(10-20(34)35)31-24(40)17(9-13(3)4)30-23(39)15(28-14(5)32)6-7-19(26)33/h12-13,15-18H,6-11H2,1-5H3,(H2,26,33)(H,27,38)(H,28,32)(H,29,41)(H,30,39)(H,31,40)(H,34,35)(H,36,37)/t15-,16-,17-,18-/m0/s1. The maximum absolute atomic E-state index is 13.2. The third kappa shape index (κ3) is 16.5. The Bertz CT molecular complexity index is 984. The molecule has 0 aliphatic carbocycles. The topological polar surface area (TPSA) is 263 Å². The molecule has 232 valence electrons. The summed E-state index contributed by atoms with van der Waals surface area (Å²) in [6, 6.07) is -5.33. The molecule has 0 aromatic heterocycles. The molecular formula is C25H42N6O10. The van der Waals surface area contributed by atoms with Crippen molar-refractivity contribution >= 4 is 47.4 Å². The third-order valence-corrected chi connectivity index (χ3v) is 5.48. The summed E-state index contributed by atoms with van der Waals surface area (Å²) in [5, 5.41) is 29.8. The molecule has 9 N–H and O–H groups in total. The van der Waals surface area contributed by atoms with E-state index in [1.165, 1.54) is 0 Å². The van der Waals surface area contributed by atoms with Gasteiger partial charge in [-0.1, -0.05) is 27.7 Å². The Morgan fingerprint density at radius 3 is 1.49 bits per heavy atom. The summed E-state index contributed by atoms with van der Waals surface area (Å²) in [5.74, 6) is -7.82. The highest BCUT2D eigenvalue weighted by Gasteiger charge is 2.33. The lowest BCUT2D eigenvalue weighted by Crippen LogP contribution is -2.59. The number of amides is 6. The maximum atomic E-state index is 13.2. The molecule has 0 unspecified atom stereocenters. The quantitative estimate of drug-likeness (QED) is 0.0823. The van der Waals surface area contributed by atoms with Crippen LogP contribution in [0, 0.1) is 11.8 Å². The zero-order chi connectivity index (χ0) is 31.9. The average molecular weight is 587 g/mol. The van der Waals surface area contributed by atoms with E-state index in [0.29, 0.717) is 0 Å². The Hall–Kier alpha value is -4.24. The number of carbonyl (C=O) groups excluding carboxylic acids is 6. The van der Waals surface area contributed by atoms with Crippen LogP contribution >= 0.6 is 0 Å². The zero-order valence-electron chi connectivity index (χ0n) is 23.9. The normalized spacial score (nSPS) is 13.7. The lowest BCUT2D eigenvalue weighted by Gasteiger charge is -2.27. The Labute approximate surface area is 237 Å². The molecule has 16 nitrogen and oxygen atoms in total. The van der Waals surface area contributed by atoms with Gasteiger partial charge in [-0.2, -0.15) is 0 Å². The highest BCUT2D eigenvalue weighted by molar-refractivity contribution is 5.97. The second kappa shape index (κ2) is 18.2. The number of primary amides is 1. The molecular weight excluding hydrogens is 544 g/mol. The minimum absolute atomic E-state index is 0.0646. The van der Waals surface area contributed by atoms with E-state index in [9.17, 15) is 43.5 Å². The van der Waals surface area contributed by atoms with Gasteiger partial charge in [0.05, 0.1) is 6.42 Å². The van der Waals surface area contributed by atoms with Crippen molar-refractivity contribution in [1.29, 1.82) is 0 Å². The van der Waals surface area contributed by atoms with E-state index >= 15 is 0 Å². The number of hydrogen-bond donors (Lipinski definition) is 8. The van der Waals surface area contributed by atoms with E-state index in [1.807, 2.05) is 0 Å². The van der Waals surface area contributed by atoms with Crippen LogP contribution in [0.2, 0.25) is 0 Å². The van der Waals surface area contributed by atoms with Crippen molar-refractivity contribution in [1.82, 2.24) is 26.6 Å². The lowest BCUT2D eigenvalue weighted by atomic mass is 10.0. The predicted molar refractivity (Wildman–Crippen MR) is 144 cm³/mol. The number of carboxylic acids is 2. The highest BCUT2D eigenvalue weighted by atomic mass is 16.4. The molecule has 0 aliphatic heterocycles. The van der Waals surface area contributed by atoms with Crippen LogP contribution in [-0.2, 0) is 38.4 Å². The average Bonchev–Trinajstić information content (AvgIpc) is 2.82. The number of carboxylic acid groups (broad SMARTS) is 2. The van der Waals surface area contributed by atoms with Gasteiger partial charge in [0.1, 0.15) is 30.7 Å². The van der Waals surface area contributed by atoms with Gasteiger partial charge in [-0.3, -0.25) is 38.4 Å². The van der Waals surface area contributed by atoms with Crippen LogP contribution in [0.25, 0.3) is 0 Å². The van der Waals surface area contributed by atoms with Crippen LogP contribution in [0.5, 0.6) is 0 Å². The van der Waals surface area contributed by atoms with Crippen molar-refractivity contribution in [3.05, 3.63) is 0 Å². The van der Waals surface area contributed by atoms with Crippen LogP contribution in [0.4, 0.5) is 0 Å². The van der Waals surface area contributed by atoms with Gasteiger partial charge in [-0.25, -0.2) is 0 Å². The summed E-state index contributed by atoms with van der Waals surface area (Å²) in [7, 11) is 0. The fourth-order valence-corrected chi connectivity index (χ4v) is 3.69. The first-order valence-electron chi connectivity index (χ1n) is 13.1. The van der Waals surface area contributed by atoms with Crippen LogP contribution in [0.3, 0.4) is 0 Å². The fourth-order valence-electron chi connectivity index (χ4n) is 3.69. The van der Waals surface area contributed by atoms with Crippen LogP contribution in [0.15, 0.2) is 0 Å². The molecule has 0 aliphatic rings. The van der Waals surface area contributed by atoms with Gasteiger partial charge in [-0.05, 0) is 31.1 Å². The maximum Gasteiger partial charge on any atom is 0.322 e. The molecule has 0 radical (unpaired) electrons. The molecule has 0 rings (SSSR count). The highest BCUT2D eigenvalue weighted by Crippen LogP contribution is 2.09. The molecule has 4 atom stereocenters. The van der Waals surface area contributed by atoms with Crippen molar-refractivity contribution in [2.75, 3.05) is 6.54 Å². The Morgan fingerprint density at radius 1 is 0.634 bits per heavy atom. The smallest absolute Gasteiger partial charge is 0.322 e. The van der Waals surface area contributed by atoms with Gasteiger partial charge in [0, 0.05) is 13.3 Å². The van der Waals surface area contributed by atoms with E-state index in [-0.39, 0.29) is 37.5 Å². The van der Waals surface area contributed by atoms with E-state index in [1.54, 1.807) is 27.7 Å². The van der Waals surface area contributed by atoms with Crippen LogP contribution in [0.1, 0.15) is 66.7 Å². The summed E-state index contributed by atoms with van der Waals surface area (Å²) in [6.07, 6.45) is -1.07. The number of nitrogens with one attached hydrogen (secondary N) is 5. The van der Waals surface area contributed by atoms with Gasteiger partial charge in [-0.15, -0.1) is 0 Å². The van der Waals surface area contributed by atoms with Gasteiger partial charge in [0.25, 0.3) is 0 Å². The molecule has 0 spiro atoms. The largest absolute Gasteiger partial charge is 0.481 e. The number of hydrogen-bond acceptors (Lipinski definition) is 8. The number of aliphatic carboxylic acids is 2. The first kappa shape index (κ1) is 36.8. The van der Waals surface area contributed by atoms with Crippen molar-refractivity contribution < 1.29 is 48.6 Å². The molecule has 0 aromatic carbocycles. The second-order valence-corrected chi connectivity index (χ2v) is 10.4. The minimum atomic E-state index is -1.66. The molecule has 41 heavy (non-hydrogen) atoms. The Balaban J connectivity index is 5.88. The van der Waals surface area contributed by atoms with Crippen molar-refractivity contribution in [3.63, 3.8) is 0 Å². The lowest BCUT2D eigenvalue weighted by molar-refractivity contribution is -0.142. The molecule has 6 amide bonds. The summed E-state index contributed by atoms with van der Waals surface area (Å²) in [5.41, 5.74) is 5.14. The van der Waals surface area contributed by atoms with Crippen molar-refractivity contribution in [2.24, 2.45) is 17.6 Å². The Morgan fingerprint density at radius 2 is 1.07 bits per heavy atom. The van der Waals surface area contributed by atoms with E-state index in [2.05, 4.69) is 26.6 Å². The SMILES string of the molecule is CC(=O)N[C@@H](CCC(N)=O)C(=O)N[C@@H](CC(C)C)C(=O)N[C@@H](CC(=O)O)C(=O)N[C@@H](CC(C)C)C(=O)NCC(=O)O. The zero-order valence-corrected chi connectivity index (χ0v) is 23.9. The van der Waals surface area contributed by atoms with Gasteiger partial charge < -0.3 is 42.5 Å². The molecule has 0 saturated heterocycles. The summed E-state index contributed by atoms with van der Waals surface area (Å²) >= 11 is 0. The molecule has 0 heterocycles. The van der Waals surface area contributed by atoms with Crippen LogP contribution < -0.4 is 32.3 Å². The summed E-state index contributed by atoms with van der Waals surface area (Å²) in [6.45, 7) is 7.45. The molecule has 16 heteroatoms. The van der Waals surface area contributed by atoms with E-state index in [4.69, 9.17) is 10.8 Å². The van der Waals surface area contributed by atoms with Gasteiger partial charge in [0.2, 0.25) is 35.4 Å². The van der Waals surface area contributed by atoms with Crippen molar-refractivity contribution in [2.45, 2.75) is 90.9 Å². The second-order valence-electron chi connectivity index (χ2n) is 10.4. The van der Waals surface area contributed by atoms with E-state index < -0.39 is 84.5 Å². The number of nitrogens with two attached hydrogens (primary N) is 1. The number of rotatable bonds is 19. The first-order valence-corrected chi connectivity index (χ1v) is 13.1. The van der Waals surface area contributed by atoms with Gasteiger partial charge >= 0.3 is 11.9 Å². The molecule has 0 aromatic rings. The fraction of sp³-hybridized carbons (Fsp3) is 0.680. The predicted octanol–water partition coefficient (Wildman–Crippen LogP) is -2.02. The van der Waals surface area contributed by atoms with Crippen molar-refractivity contribution in [3.8, 4) is 0 Å². The number of carbonyl (C=O) groups is 8. The van der Waals surface area contributed by atoms with Gasteiger partial charge in [0.15, 0.2) is 0 Å². The van der Waals surface area contributed by atoms with E-state index in [0.717, 1.165) is 6.92 Å². The molecule has 0 bridgehead atoms. The third-order valence-electron chi connectivity index (χ3n) is 5.48.